The van der Waals surface area contributed by atoms with E-state index in [9.17, 15) is 10.1 Å². The maximum atomic E-state index is 12.6. The number of nitrogens with zero attached hydrogens (tertiary/aromatic N) is 1. The number of hydrogen-bond donors (Lipinski definition) is 1. The number of methoxy groups -OCH3 is 1. The van der Waals surface area contributed by atoms with Gasteiger partial charge in [0.1, 0.15) is 18.2 Å². The predicted molar refractivity (Wildman–Crippen MR) is 140 cm³/mol. The van der Waals surface area contributed by atoms with Crippen LogP contribution in [0.4, 0.5) is 5.69 Å². The summed E-state index contributed by atoms with van der Waals surface area (Å²) < 4.78 is 12.3. The number of amides is 1. The zero-order valence-corrected chi connectivity index (χ0v) is 21.5. The van der Waals surface area contributed by atoms with Gasteiger partial charge in [-0.25, -0.2) is 0 Å². The summed E-state index contributed by atoms with van der Waals surface area (Å²) in [5.41, 5.74) is 3.20. The van der Waals surface area contributed by atoms with Crippen LogP contribution in [0.15, 0.2) is 60.2 Å². The van der Waals surface area contributed by atoms with Gasteiger partial charge in [-0.1, -0.05) is 53.0 Å². The number of hydrogen-bond acceptors (Lipinski definition) is 4. The first-order valence-electron chi connectivity index (χ1n) is 9.74. The second-order valence-corrected chi connectivity index (χ2v) is 9.04. The maximum Gasteiger partial charge on any atom is 0.266 e. The third-order valence-corrected chi connectivity index (χ3v) is 6.15. The van der Waals surface area contributed by atoms with Crippen LogP contribution in [0.1, 0.15) is 16.7 Å². The number of benzene rings is 3. The first-order chi connectivity index (χ1) is 15.8. The molecule has 3 rings (SSSR count). The summed E-state index contributed by atoms with van der Waals surface area (Å²) in [6, 6.07) is 18.2. The van der Waals surface area contributed by atoms with E-state index in [1.54, 1.807) is 25.3 Å². The molecule has 0 unspecified atom stereocenters. The summed E-state index contributed by atoms with van der Waals surface area (Å²) in [6.07, 6.45) is 1.49. The van der Waals surface area contributed by atoms with Crippen molar-refractivity contribution >= 4 is 63.5 Å². The second-order valence-electron chi connectivity index (χ2n) is 7.06. The van der Waals surface area contributed by atoms with Gasteiger partial charge in [0.05, 0.1) is 20.7 Å². The molecule has 0 aliphatic rings. The molecular weight excluding hydrogens is 574 g/mol. The summed E-state index contributed by atoms with van der Waals surface area (Å²) >= 11 is 14.0. The molecule has 168 valence electrons. The number of carbonyl (C=O) groups is 1. The Morgan fingerprint density at radius 1 is 1.12 bits per heavy atom. The van der Waals surface area contributed by atoms with E-state index < -0.39 is 5.91 Å². The van der Waals surface area contributed by atoms with Crippen LogP contribution in [0.2, 0.25) is 10.0 Å². The van der Waals surface area contributed by atoms with Crippen molar-refractivity contribution in [3.63, 3.8) is 0 Å². The minimum absolute atomic E-state index is 0.0766. The van der Waals surface area contributed by atoms with E-state index in [1.807, 2.05) is 43.3 Å². The van der Waals surface area contributed by atoms with Crippen molar-refractivity contribution in [2.45, 2.75) is 13.5 Å². The van der Waals surface area contributed by atoms with Gasteiger partial charge in [-0.05, 0) is 77.0 Å². The number of nitrogens with one attached hydrogen (secondary N) is 1. The molecule has 0 spiro atoms. The van der Waals surface area contributed by atoms with Crippen LogP contribution in [0.3, 0.4) is 0 Å². The molecule has 0 fully saturated rings. The predicted octanol–water partition coefficient (Wildman–Crippen LogP) is 7.04. The lowest BCUT2D eigenvalue weighted by molar-refractivity contribution is -0.112. The van der Waals surface area contributed by atoms with Crippen molar-refractivity contribution < 1.29 is 14.3 Å². The smallest absolute Gasteiger partial charge is 0.266 e. The summed E-state index contributed by atoms with van der Waals surface area (Å²) in [7, 11) is 1.54. The average Bonchev–Trinajstić information content (AvgIpc) is 2.79. The molecule has 33 heavy (non-hydrogen) atoms. The third-order valence-electron chi connectivity index (χ3n) is 4.61. The summed E-state index contributed by atoms with van der Waals surface area (Å²) in [4.78, 5) is 12.6. The van der Waals surface area contributed by atoms with Crippen molar-refractivity contribution in [2.24, 2.45) is 0 Å². The van der Waals surface area contributed by atoms with Gasteiger partial charge in [-0.2, -0.15) is 5.26 Å². The van der Waals surface area contributed by atoms with Crippen molar-refractivity contribution in [3.8, 4) is 17.6 Å². The lowest BCUT2D eigenvalue weighted by Gasteiger charge is -2.14. The molecule has 3 aromatic carbocycles. The summed E-state index contributed by atoms with van der Waals surface area (Å²) in [5, 5.41) is 12.9. The molecule has 0 bridgehead atoms. The molecule has 1 N–H and O–H groups in total. The van der Waals surface area contributed by atoms with Crippen LogP contribution >= 0.6 is 45.8 Å². The van der Waals surface area contributed by atoms with Crippen LogP contribution in [-0.4, -0.2) is 13.0 Å². The second kappa shape index (κ2) is 11.4. The van der Waals surface area contributed by atoms with E-state index in [-0.39, 0.29) is 5.57 Å². The van der Waals surface area contributed by atoms with E-state index in [4.69, 9.17) is 32.7 Å². The molecule has 1 amide bonds. The quantitative estimate of drug-likeness (QED) is 0.181. The zero-order valence-electron chi connectivity index (χ0n) is 17.8. The van der Waals surface area contributed by atoms with Crippen molar-refractivity contribution in [2.75, 3.05) is 12.4 Å². The third kappa shape index (κ3) is 6.64. The van der Waals surface area contributed by atoms with Crippen LogP contribution < -0.4 is 14.8 Å². The molecule has 0 radical (unpaired) electrons. The van der Waals surface area contributed by atoms with Gasteiger partial charge in [-0.15, -0.1) is 0 Å². The molecule has 0 saturated carbocycles. The van der Waals surface area contributed by atoms with E-state index in [0.717, 1.165) is 9.13 Å². The van der Waals surface area contributed by atoms with Crippen molar-refractivity contribution in [1.82, 2.24) is 0 Å². The molecule has 3 aromatic rings. The minimum atomic E-state index is -0.565. The van der Waals surface area contributed by atoms with Gasteiger partial charge in [-0.3, -0.25) is 4.79 Å². The number of nitriles is 1. The largest absolute Gasteiger partial charge is 0.493 e. The van der Waals surface area contributed by atoms with Gasteiger partial charge in [0.25, 0.3) is 5.91 Å². The molecular formula is C25H19Cl2IN2O3. The topological polar surface area (TPSA) is 71.3 Å². The number of rotatable bonds is 7. The SMILES string of the molecule is COc1cc(/C=C(\C#N)C(=O)Nc2ccc(Cl)c(Cl)c2)cc(I)c1OCc1ccc(C)cc1. The standard InChI is InChI=1S/C25H19Cl2IN2O3/c1-15-3-5-16(6-4-15)14-33-24-22(28)10-17(11-23(24)32-2)9-18(13-29)25(31)30-19-7-8-20(26)21(27)12-19/h3-12H,14H2,1-2H3,(H,30,31)/b18-9+. The fourth-order valence-electron chi connectivity index (χ4n) is 2.89. The maximum absolute atomic E-state index is 12.6. The van der Waals surface area contributed by atoms with Gasteiger partial charge in [0.15, 0.2) is 11.5 Å². The van der Waals surface area contributed by atoms with Crippen LogP contribution in [0.5, 0.6) is 11.5 Å². The van der Waals surface area contributed by atoms with Crippen LogP contribution in [-0.2, 0) is 11.4 Å². The lowest BCUT2D eigenvalue weighted by atomic mass is 10.1. The van der Waals surface area contributed by atoms with Gasteiger partial charge in [0.2, 0.25) is 0 Å². The number of anilines is 1. The normalized spacial score (nSPS) is 11.0. The van der Waals surface area contributed by atoms with Crippen LogP contribution in [0.25, 0.3) is 6.08 Å². The number of halogens is 3. The molecule has 0 saturated heterocycles. The highest BCUT2D eigenvalue weighted by Crippen LogP contribution is 2.35. The van der Waals surface area contributed by atoms with Gasteiger partial charge < -0.3 is 14.8 Å². The van der Waals surface area contributed by atoms with E-state index in [2.05, 4.69) is 27.9 Å². The highest BCUT2D eigenvalue weighted by atomic mass is 127. The molecule has 0 heterocycles. The Kier molecular flexibility index (Phi) is 8.61. The zero-order chi connectivity index (χ0) is 24.0. The Morgan fingerprint density at radius 2 is 1.85 bits per heavy atom. The molecule has 5 nitrogen and oxygen atoms in total. The Labute approximate surface area is 216 Å². The molecule has 0 aromatic heterocycles. The number of ether oxygens (including phenoxy) is 2. The molecule has 0 atom stereocenters. The van der Waals surface area contributed by atoms with E-state index >= 15 is 0 Å². The monoisotopic (exact) mass is 592 g/mol. The first-order valence-corrected chi connectivity index (χ1v) is 11.6. The highest BCUT2D eigenvalue weighted by molar-refractivity contribution is 14.1. The highest BCUT2D eigenvalue weighted by Gasteiger charge is 2.15. The number of carbonyl (C=O) groups excluding carboxylic acids is 1. The van der Waals surface area contributed by atoms with Gasteiger partial charge in [0, 0.05) is 5.69 Å². The summed E-state index contributed by atoms with van der Waals surface area (Å²) in [5.74, 6) is 0.529. The van der Waals surface area contributed by atoms with E-state index in [1.165, 1.54) is 17.7 Å². The molecule has 8 heteroatoms. The van der Waals surface area contributed by atoms with Crippen molar-refractivity contribution in [1.29, 1.82) is 5.26 Å². The molecule has 0 aliphatic carbocycles. The Bertz CT molecular complexity index is 1250. The molecule has 0 aliphatic heterocycles. The van der Waals surface area contributed by atoms with Crippen LogP contribution in [0, 0.1) is 21.8 Å². The minimum Gasteiger partial charge on any atom is -0.493 e. The van der Waals surface area contributed by atoms with Crippen molar-refractivity contribution in [3.05, 3.63) is 90.5 Å². The summed E-state index contributed by atoms with van der Waals surface area (Å²) in [6.45, 7) is 2.42. The fourth-order valence-corrected chi connectivity index (χ4v) is 3.97. The lowest BCUT2D eigenvalue weighted by Crippen LogP contribution is -2.13. The fraction of sp³-hybridized carbons (Fsp3) is 0.120. The Hall–Kier alpha value is -2.73. The number of aryl methyl sites for hydroxylation is 1. The Balaban J connectivity index is 1.81. The first kappa shape index (κ1) is 24.9. The average molecular weight is 593 g/mol. The van der Waals surface area contributed by atoms with E-state index in [0.29, 0.717) is 39.4 Å². The van der Waals surface area contributed by atoms with Gasteiger partial charge >= 0.3 is 0 Å². The Morgan fingerprint density at radius 3 is 2.48 bits per heavy atom.